The Kier molecular flexibility index (Phi) is 14.3. The van der Waals surface area contributed by atoms with Crippen LogP contribution in [0.1, 0.15) is 77.8 Å². The number of hydrogen-bond donors (Lipinski definition) is 1. The molecule has 0 radical (unpaired) electrons. The van der Waals surface area contributed by atoms with Gasteiger partial charge in [0, 0.05) is 68.1 Å². The lowest BCUT2D eigenvalue weighted by Crippen LogP contribution is -2.49. The van der Waals surface area contributed by atoms with Crippen LogP contribution in [0.25, 0.3) is 22.2 Å². The number of carbonyl (C=O) groups is 2. The Bertz CT molecular complexity index is 1970. The number of rotatable bonds is 16. The monoisotopic (exact) mass is 800 g/mol. The Morgan fingerprint density at radius 3 is 2.44 bits per heavy atom. The third kappa shape index (κ3) is 10.6. The molecule has 1 fully saturated rings. The molecule has 4 aromatic rings. The summed E-state index contributed by atoms with van der Waals surface area (Å²) >= 11 is 0. The van der Waals surface area contributed by atoms with Gasteiger partial charge in [0.25, 0.3) is 0 Å². The molecule has 2 aromatic heterocycles. The van der Waals surface area contributed by atoms with Crippen molar-refractivity contribution in [1.29, 1.82) is 0 Å². The number of anilines is 1. The van der Waals surface area contributed by atoms with E-state index in [4.69, 9.17) is 28.4 Å². The largest absolute Gasteiger partial charge is 0.467 e. The Morgan fingerprint density at radius 1 is 1.04 bits per heavy atom. The number of pyridine rings is 1. The van der Waals surface area contributed by atoms with Crippen molar-refractivity contribution in [3.63, 3.8) is 0 Å². The van der Waals surface area contributed by atoms with Crippen molar-refractivity contribution in [2.45, 2.75) is 111 Å². The number of methoxy groups -OCH3 is 2. The highest BCUT2D eigenvalue weighted by atomic mass is 28.4. The number of carbonyl (C=O) groups excluding carboxylic acids is 2. The normalized spacial score (nSPS) is 16.3. The van der Waals surface area contributed by atoms with Crippen molar-refractivity contribution < 1.29 is 33.0 Å². The van der Waals surface area contributed by atoms with Gasteiger partial charge in [0.15, 0.2) is 8.32 Å². The average Bonchev–Trinajstić information content (AvgIpc) is 3.49. The van der Waals surface area contributed by atoms with Gasteiger partial charge in [-0.2, -0.15) is 0 Å². The zero-order valence-corrected chi connectivity index (χ0v) is 36.9. The van der Waals surface area contributed by atoms with Crippen molar-refractivity contribution in [3.05, 3.63) is 83.7 Å². The predicted molar refractivity (Wildman–Crippen MR) is 229 cm³/mol. The maximum absolute atomic E-state index is 12.9. The number of amides is 1. The van der Waals surface area contributed by atoms with Crippen LogP contribution in [0.4, 0.5) is 10.5 Å². The molecule has 12 heteroatoms. The minimum Gasteiger partial charge on any atom is -0.467 e. The molecule has 3 heterocycles. The molecular weight excluding hydrogens is 737 g/mol. The first kappa shape index (κ1) is 43.9. The van der Waals surface area contributed by atoms with Crippen LogP contribution in [-0.4, -0.2) is 82.6 Å². The molecule has 0 saturated carbocycles. The second-order valence-corrected chi connectivity index (χ2v) is 22.2. The van der Waals surface area contributed by atoms with Gasteiger partial charge < -0.3 is 38.2 Å². The first-order chi connectivity index (χ1) is 27.0. The van der Waals surface area contributed by atoms with Crippen molar-refractivity contribution in [2.24, 2.45) is 5.41 Å². The quantitative estimate of drug-likeness (QED) is 0.0876. The van der Waals surface area contributed by atoms with Gasteiger partial charge in [0.2, 0.25) is 0 Å². The molecule has 0 spiro atoms. The Labute approximate surface area is 340 Å². The molecule has 1 aliphatic rings. The number of nitrogens with one attached hydrogen (secondary N) is 1. The summed E-state index contributed by atoms with van der Waals surface area (Å²) in [4.78, 5) is 32.8. The standard InChI is InChI=1S/C45H64N4O7Si/c1-12-49-39-21-20-33(48-23-24-54-34(28-48)26-38(42(50)53-9)47-43(51)55-29-32-17-14-13-15-18-32)25-36(39)37(27-45(6,7)30-56-57(10,11)44(3,4)5)41(49)35-19-16-22-46-40(35)31(2)52-8/h13-22,25,31,34,38H,12,23-24,26-30H2,1-11H3,(H,47,51)/t31-,34-,38-/m0/s1. The molecule has 57 heavy (non-hydrogen) atoms. The van der Waals surface area contributed by atoms with Crippen LogP contribution in [0.3, 0.4) is 0 Å². The number of nitrogens with zero attached hydrogens (tertiary/aromatic N) is 3. The van der Waals surface area contributed by atoms with E-state index in [2.05, 4.69) is 93.7 Å². The Balaban J connectivity index is 1.47. The van der Waals surface area contributed by atoms with E-state index in [0.717, 1.165) is 46.7 Å². The van der Waals surface area contributed by atoms with E-state index in [1.165, 1.54) is 18.1 Å². The second kappa shape index (κ2) is 18.6. The lowest BCUT2D eigenvalue weighted by Gasteiger charge is -2.39. The molecule has 2 aromatic carbocycles. The molecule has 1 N–H and O–H groups in total. The van der Waals surface area contributed by atoms with Crippen molar-refractivity contribution in [2.75, 3.05) is 45.4 Å². The van der Waals surface area contributed by atoms with Crippen molar-refractivity contribution >= 4 is 37.0 Å². The Morgan fingerprint density at radius 2 is 1.77 bits per heavy atom. The number of esters is 1. The van der Waals surface area contributed by atoms with E-state index < -0.39 is 26.4 Å². The first-order valence-electron chi connectivity index (χ1n) is 20.2. The first-order valence-corrected chi connectivity index (χ1v) is 23.1. The summed E-state index contributed by atoms with van der Waals surface area (Å²) in [6.07, 6.45) is 1.64. The molecule has 1 saturated heterocycles. The minimum absolute atomic E-state index is 0.0918. The predicted octanol–water partition coefficient (Wildman–Crippen LogP) is 9.08. The second-order valence-electron chi connectivity index (χ2n) is 17.4. The molecular formula is C45H64N4O7Si. The molecule has 3 atom stereocenters. The van der Waals surface area contributed by atoms with E-state index in [1.54, 1.807) is 7.11 Å². The van der Waals surface area contributed by atoms with Crippen LogP contribution in [0.2, 0.25) is 18.1 Å². The summed E-state index contributed by atoms with van der Waals surface area (Å²) in [5, 5.41) is 4.00. The lowest BCUT2D eigenvalue weighted by molar-refractivity contribution is -0.144. The fraction of sp³-hybridized carbons (Fsp3) is 0.533. The number of hydrogen-bond acceptors (Lipinski definition) is 9. The van der Waals surface area contributed by atoms with Gasteiger partial charge in [-0.05, 0) is 85.3 Å². The highest BCUT2D eigenvalue weighted by molar-refractivity contribution is 6.74. The number of morpholine rings is 1. The average molecular weight is 801 g/mol. The van der Waals surface area contributed by atoms with Gasteiger partial charge in [-0.15, -0.1) is 0 Å². The van der Waals surface area contributed by atoms with E-state index in [0.29, 0.717) is 26.3 Å². The number of ether oxygens (including phenoxy) is 4. The molecule has 310 valence electrons. The maximum atomic E-state index is 12.9. The number of fused-ring (bicyclic) bond motifs is 1. The summed E-state index contributed by atoms with van der Waals surface area (Å²) in [6, 6.07) is 19.3. The topological polar surface area (TPSA) is 113 Å². The number of aromatic nitrogens is 2. The molecule has 5 rings (SSSR count). The highest BCUT2D eigenvalue weighted by Crippen LogP contribution is 2.43. The van der Waals surface area contributed by atoms with Gasteiger partial charge in [0.05, 0.1) is 37.3 Å². The zero-order chi connectivity index (χ0) is 41.5. The van der Waals surface area contributed by atoms with Gasteiger partial charge in [-0.3, -0.25) is 4.98 Å². The van der Waals surface area contributed by atoms with E-state index in [9.17, 15) is 9.59 Å². The molecule has 1 amide bonds. The lowest BCUT2D eigenvalue weighted by atomic mass is 9.84. The Hall–Kier alpha value is -4.23. The summed E-state index contributed by atoms with van der Waals surface area (Å²) in [7, 11) is 1.05. The maximum Gasteiger partial charge on any atom is 0.408 e. The number of alkyl carbamates (subject to hydrolysis) is 1. The SMILES string of the molecule is CCn1c(-c2cccnc2[C@H](C)OC)c(CC(C)(C)CO[Si](C)(C)C(C)(C)C)c2cc(N3CCO[C@@H](C[C@H](NC(=O)OCc4ccccc4)C(=O)OC)C3)ccc21. The third-order valence-electron chi connectivity index (χ3n) is 11.6. The third-order valence-corrected chi connectivity index (χ3v) is 16.1. The van der Waals surface area contributed by atoms with E-state index >= 15 is 0 Å². The van der Waals surface area contributed by atoms with Crippen LogP contribution >= 0.6 is 0 Å². The van der Waals surface area contributed by atoms with Crippen LogP contribution in [0.15, 0.2) is 66.9 Å². The molecule has 1 aliphatic heterocycles. The summed E-state index contributed by atoms with van der Waals surface area (Å²) in [5.74, 6) is -0.551. The van der Waals surface area contributed by atoms with Crippen LogP contribution in [-0.2, 0) is 47.7 Å². The van der Waals surface area contributed by atoms with Crippen molar-refractivity contribution in [1.82, 2.24) is 14.9 Å². The molecule has 0 aliphatic carbocycles. The number of benzene rings is 2. The molecule has 11 nitrogen and oxygen atoms in total. The van der Waals surface area contributed by atoms with Crippen LogP contribution < -0.4 is 10.2 Å². The van der Waals surface area contributed by atoms with Crippen LogP contribution in [0.5, 0.6) is 0 Å². The van der Waals surface area contributed by atoms with Gasteiger partial charge in [0.1, 0.15) is 12.6 Å². The van der Waals surface area contributed by atoms with Gasteiger partial charge in [-0.25, -0.2) is 9.59 Å². The molecule has 0 unspecified atom stereocenters. The van der Waals surface area contributed by atoms with Gasteiger partial charge in [-0.1, -0.05) is 65.0 Å². The van der Waals surface area contributed by atoms with Gasteiger partial charge >= 0.3 is 12.1 Å². The summed E-state index contributed by atoms with van der Waals surface area (Å²) in [6.45, 7) is 23.5. The fourth-order valence-electron chi connectivity index (χ4n) is 7.22. The highest BCUT2D eigenvalue weighted by Gasteiger charge is 2.39. The summed E-state index contributed by atoms with van der Waals surface area (Å²) in [5.41, 5.74) is 7.27. The van der Waals surface area contributed by atoms with E-state index in [-0.39, 0.29) is 35.7 Å². The van der Waals surface area contributed by atoms with E-state index in [1.807, 2.05) is 49.5 Å². The van der Waals surface area contributed by atoms with Crippen LogP contribution in [0, 0.1) is 5.41 Å². The summed E-state index contributed by atoms with van der Waals surface area (Å²) < 4.78 is 31.8. The minimum atomic E-state index is -1.99. The smallest absolute Gasteiger partial charge is 0.408 e. The molecule has 0 bridgehead atoms. The fourth-order valence-corrected chi connectivity index (χ4v) is 8.41. The van der Waals surface area contributed by atoms with Crippen molar-refractivity contribution in [3.8, 4) is 11.3 Å². The number of aryl methyl sites for hydroxylation is 1. The zero-order valence-electron chi connectivity index (χ0n) is 35.9.